The molecule has 19 heavy (non-hydrogen) atoms. The van der Waals surface area contributed by atoms with Crippen LogP contribution in [0, 0.1) is 11.6 Å². The summed E-state index contributed by atoms with van der Waals surface area (Å²) >= 11 is 0. The molecule has 94 valence electrons. The van der Waals surface area contributed by atoms with E-state index in [0.29, 0.717) is 11.0 Å². The van der Waals surface area contributed by atoms with E-state index in [9.17, 15) is 13.6 Å². The molecule has 3 nitrogen and oxygen atoms in total. The van der Waals surface area contributed by atoms with Gasteiger partial charge in [0.25, 0.3) is 0 Å². The zero-order chi connectivity index (χ0) is 13.4. The van der Waals surface area contributed by atoms with Gasteiger partial charge in [0, 0.05) is 23.3 Å². The number of aromatic amines is 1. The first-order valence-electron chi connectivity index (χ1n) is 5.59. The number of hydrogen-bond acceptors (Lipinski definition) is 2. The van der Waals surface area contributed by atoms with Gasteiger partial charge in [-0.15, -0.1) is 0 Å². The zero-order valence-corrected chi connectivity index (χ0v) is 9.65. The first-order chi connectivity index (χ1) is 9.18. The number of fused-ring (bicyclic) bond motifs is 1. The number of aromatic nitrogens is 2. The van der Waals surface area contributed by atoms with E-state index in [-0.39, 0.29) is 11.1 Å². The fraction of sp³-hybridized carbons (Fsp3) is 0. The van der Waals surface area contributed by atoms with Crippen LogP contribution in [0.2, 0.25) is 0 Å². The van der Waals surface area contributed by atoms with Gasteiger partial charge in [-0.3, -0.25) is 4.79 Å². The van der Waals surface area contributed by atoms with Crippen LogP contribution in [-0.2, 0) is 0 Å². The van der Waals surface area contributed by atoms with E-state index in [0.717, 1.165) is 6.07 Å². The van der Waals surface area contributed by atoms with Gasteiger partial charge in [-0.1, -0.05) is 6.07 Å². The standard InChI is InChI=1S/C14H8F2N2O/c15-11-5-1-3-9(12(11)16)13(19)10-7-18-14-8(10)4-2-6-17-14/h1-7H,(H,17,18). The van der Waals surface area contributed by atoms with Gasteiger partial charge in [0.15, 0.2) is 17.4 Å². The highest BCUT2D eigenvalue weighted by atomic mass is 19.2. The topological polar surface area (TPSA) is 45.8 Å². The van der Waals surface area contributed by atoms with E-state index in [1.165, 1.54) is 18.3 Å². The van der Waals surface area contributed by atoms with Crippen molar-refractivity contribution in [2.24, 2.45) is 0 Å². The van der Waals surface area contributed by atoms with Crippen LogP contribution in [-0.4, -0.2) is 15.8 Å². The minimum absolute atomic E-state index is 0.271. The molecule has 0 spiro atoms. The summed E-state index contributed by atoms with van der Waals surface area (Å²) in [5.41, 5.74) is 0.514. The first kappa shape index (κ1) is 11.5. The Morgan fingerprint density at radius 2 is 1.95 bits per heavy atom. The number of benzene rings is 1. The third kappa shape index (κ3) is 1.79. The van der Waals surface area contributed by atoms with E-state index in [1.54, 1.807) is 18.3 Å². The highest BCUT2D eigenvalue weighted by Crippen LogP contribution is 2.21. The van der Waals surface area contributed by atoms with Crippen LogP contribution >= 0.6 is 0 Å². The second kappa shape index (κ2) is 4.28. The number of carbonyl (C=O) groups excluding carboxylic acids is 1. The van der Waals surface area contributed by atoms with Crippen LogP contribution in [0.5, 0.6) is 0 Å². The minimum Gasteiger partial charge on any atom is -0.345 e. The fourth-order valence-corrected chi connectivity index (χ4v) is 1.97. The molecule has 0 aliphatic heterocycles. The van der Waals surface area contributed by atoms with Crippen LogP contribution in [0.4, 0.5) is 8.78 Å². The molecule has 0 saturated heterocycles. The normalized spacial score (nSPS) is 10.8. The number of nitrogens with one attached hydrogen (secondary N) is 1. The number of H-pyrrole nitrogens is 1. The summed E-state index contributed by atoms with van der Waals surface area (Å²) in [7, 11) is 0. The molecule has 3 aromatic rings. The summed E-state index contributed by atoms with van der Waals surface area (Å²) in [6.45, 7) is 0. The number of carbonyl (C=O) groups is 1. The predicted octanol–water partition coefficient (Wildman–Crippen LogP) is 3.07. The maximum atomic E-state index is 13.6. The van der Waals surface area contributed by atoms with Crippen molar-refractivity contribution < 1.29 is 13.6 Å². The van der Waals surface area contributed by atoms with Gasteiger partial charge in [-0.05, 0) is 24.3 Å². The molecule has 2 aromatic heterocycles. The van der Waals surface area contributed by atoms with Crippen molar-refractivity contribution in [3.8, 4) is 0 Å². The lowest BCUT2D eigenvalue weighted by Gasteiger charge is -2.02. The van der Waals surface area contributed by atoms with Crippen LogP contribution in [0.25, 0.3) is 11.0 Å². The Morgan fingerprint density at radius 3 is 2.79 bits per heavy atom. The van der Waals surface area contributed by atoms with Crippen LogP contribution in [0.3, 0.4) is 0 Å². The second-order valence-electron chi connectivity index (χ2n) is 4.03. The lowest BCUT2D eigenvalue weighted by Crippen LogP contribution is -2.05. The molecule has 0 fully saturated rings. The summed E-state index contributed by atoms with van der Waals surface area (Å²) in [5, 5.41) is 0.580. The molecule has 0 amide bonds. The van der Waals surface area contributed by atoms with E-state index in [2.05, 4.69) is 9.97 Å². The zero-order valence-electron chi connectivity index (χ0n) is 9.65. The van der Waals surface area contributed by atoms with Crippen LogP contribution in [0.15, 0.2) is 42.7 Å². The molecule has 0 aliphatic rings. The molecular formula is C14H8F2N2O. The quantitative estimate of drug-likeness (QED) is 0.718. The number of halogens is 2. The Labute approximate surface area is 106 Å². The number of pyridine rings is 1. The Balaban J connectivity index is 2.17. The largest absolute Gasteiger partial charge is 0.345 e. The number of hydrogen-bond donors (Lipinski definition) is 1. The van der Waals surface area contributed by atoms with Gasteiger partial charge in [-0.25, -0.2) is 13.8 Å². The summed E-state index contributed by atoms with van der Waals surface area (Å²) < 4.78 is 26.8. The second-order valence-corrected chi connectivity index (χ2v) is 4.03. The summed E-state index contributed by atoms with van der Waals surface area (Å²) in [6, 6.07) is 6.91. The van der Waals surface area contributed by atoms with Crippen molar-refractivity contribution in [2.75, 3.05) is 0 Å². The smallest absolute Gasteiger partial charge is 0.198 e. The van der Waals surface area contributed by atoms with Gasteiger partial charge < -0.3 is 4.98 Å². The molecular weight excluding hydrogens is 250 g/mol. The Hall–Kier alpha value is -2.56. The van der Waals surface area contributed by atoms with Crippen molar-refractivity contribution in [1.29, 1.82) is 0 Å². The van der Waals surface area contributed by atoms with Gasteiger partial charge in [0.05, 0.1) is 5.56 Å². The third-order valence-electron chi connectivity index (χ3n) is 2.89. The maximum absolute atomic E-state index is 13.6. The summed E-state index contributed by atoms with van der Waals surface area (Å²) in [6.07, 6.45) is 3.03. The molecule has 0 atom stereocenters. The van der Waals surface area contributed by atoms with Crippen molar-refractivity contribution >= 4 is 16.8 Å². The monoisotopic (exact) mass is 258 g/mol. The molecule has 0 aliphatic carbocycles. The van der Waals surface area contributed by atoms with Gasteiger partial charge in [0.2, 0.25) is 0 Å². The molecule has 0 bridgehead atoms. The summed E-state index contributed by atoms with van der Waals surface area (Å²) in [4.78, 5) is 19.1. The molecule has 1 aromatic carbocycles. The highest BCUT2D eigenvalue weighted by molar-refractivity contribution is 6.16. The minimum atomic E-state index is -1.13. The molecule has 0 unspecified atom stereocenters. The van der Waals surface area contributed by atoms with Crippen molar-refractivity contribution in [3.05, 3.63) is 65.5 Å². The van der Waals surface area contributed by atoms with E-state index >= 15 is 0 Å². The fourth-order valence-electron chi connectivity index (χ4n) is 1.97. The Kier molecular flexibility index (Phi) is 2.59. The lowest BCUT2D eigenvalue weighted by molar-refractivity contribution is 0.103. The predicted molar refractivity (Wildman–Crippen MR) is 65.9 cm³/mol. The van der Waals surface area contributed by atoms with Gasteiger partial charge >= 0.3 is 0 Å². The first-order valence-corrected chi connectivity index (χ1v) is 5.59. The van der Waals surface area contributed by atoms with E-state index in [1.807, 2.05) is 0 Å². The average Bonchev–Trinajstić information content (AvgIpc) is 2.85. The van der Waals surface area contributed by atoms with Crippen molar-refractivity contribution in [1.82, 2.24) is 9.97 Å². The van der Waals surface area contributed by atoms with Crippen LogP contribution in [0.1, 0.15) is 15.9 Å². The lowest BCUT2D eigenvalue weighted by atomic mass is 10.0. The Morgan fingerprint density at radius 1 is 1.11 bits per heavy atom. The highest BCUT2D eigenvalue weighted by Gasteiger charge is 2.19. The van der Waals surface area contributed by atoms with Crippen LogP contribution < -0.4 is 0 Å². The van der Waals surface area contributed by atoms with Gasteiger partial charge in [-0.2, -0.15) is 0 Å². The molecule has 3 rings (SSSR count). The maximum Gasteiger partial charge on any atom is 0.198 e. The number of rotatable bonds is 2. The van der Waals surface area contributed by atoms with Gasteiger partial charge in [0.1, 0.15) is 5.65 Å². The number of nitrogens with zero attached hydrogens (tertiary/aromatic N) is 1. The molecule has 0 saturated carbocycles. The van der Waals surface area contributed by atoms with E-state index in [4.69, 9.17) is 0 Å². The SMILES string of the molecule is O=C(c1cccc(F)c1F)c1c[nH]c2ncccc12. The molecule has 5 heteroatoms. The number of ketones is 1. The molecule has 2 heterocycles. The van der Waals surface area contributed by atoms with Crippen molar-refractivity contribution in [2.45, 2.75) is 0 Å². The Bertz CT molecular complexity index is 780. The summed E-state index contributed by atoms with van der Waals surface area (Å²) in [5.74, 6) is -2.74. The third-order valence-corrected chi connectivity index (χ3v) is 2.89. The molecule has 1 N–H and O–H groups in total. The average molecular weight is 258 g/mol. The van der Waals surface area contributed by atoms with E-state index < -0.39 is 17.4 Å². The van der Waals surface area contributed by atoms with Crippen molar-refractivity contribution in [3.63, 3.8) is 0 Å². The molecule has 0 radical (unpaired) electrons.